The molecular weight excluding hydrogens is 387 g/mol. The van der Waals surface area contributed by atoms with Gasteiger partial charge in [-0.3, -0.25) is 14.0 Å². The number of para-hydroxylation sites is 1. The number of hydrogen-bond donors (Lipinski definition) is 2. The molecule has 0 bridgehead atoms. The molecular formula is C19H19Cl2N4O2+. The largest absolute Gasteiger partial charge is 0.325 e. The first kappa shape index (κ1) is 19.4. The number of aromatic nitrogens is 2. The first-order valence-electron chi connectivity index (χ1n) is 8.37. The number of fused-ring (bicyclic) bond motifs is 1. The Hall–Kier alpha value is -2.41. The van der Waals surface area contributed by atoms with Crippen molar-refractivity contribution in [2.24, 2.45) is 0 Å². The number of amides is 1. The zero-order valence-electron chi connectivity index (χ0n) is 14.9. The molecule has 2 N–H and O–H groups in total. The zero-order chi connectivity index (χ0) is 19.6. The van der Waals surface area contributed by atoms with Gasteiger partial charge in [-0.05, 0) is 30.7 Å². The third-order valence-electron chi connectivity index (χ3n) is 4.03. The molecule has 1 atom stereocenters. The summed E-state index contributed by atoms with van der Waals surface area (Å²) >= 11 is 12.1. The molecule has 0 aliphatic carbocycles. The smallest absolute Gasteiger partial charge is 0.279 e. The highest BCUT2D eigenvalue weighted by atomic mass is 35.5. The molecule has 6 nitrogen and oxygen atoms in total. The summed E-state index contributed by atoms with van der Waals surface area (Å²) in [5.41, 5.74) is 2.46. The van der Waals surface area contributed by atoms with Gasteiger partial charge in [0.1, 0.15) is 17.9 Å². The van der Waals surface area contributed by atoms with E-state index in [-0.39, 0.29) is 18.0 Å². The highest BCUT2D eigenvalue weighted by Gasteiger charge is 2.15. The van der Waals surface area contributed by atoms with Crippen LogP contribution in [0, 0.1) is 6.92 Å². The van der Waals surface area contributed by atoms with E-state index in [4.69, 9.17) is 23.2 Å². The molecule has 1 unspecified atom stereocenters. The van der Waals surface area contributed by atoms with Gasteiger partial charge in [-0.2, -0.15) is 0 Å². The number of pyridine rings is 1. The Labute approximate surface area is 166 Å². The van der Waals surface area contributed by atoms with Crippen LogP contribution in [0.15, 0.2) is 47.4 Å². The molecule has 140 valence electrons. The van der Waals surface area contributed by atoms with Crippen molar-refractivity contribution in [3.63, 3.8) is 0 Å². The number of anilines is 1. The number of aryl methyl sites for hydroxylation is 1. The minimum atomic E-state index is -0.226. The summed E-state index contributed by atoms with van der Waals surface area (Å²) in [6, 6.07) is 10.2. The molecule has 27 heavy (non-hydrogen) atoms. The Kier molecular flexibility index (Phi) is 5.79. The van der Waals surface area contributed by atoms with Crippen LogP contribution in [0.25, 0.3) is 5.65 Å². The van der Waals surface area contributed by atoms with Gasteiger partial charge >= 0.3 is 0 Å². The molecule has 3 aromatic rings. The van der Waals surface area contributed by atoms with Crippen LogP contribution < -0.4 is 15.8 Å². The van der Waals surface area contributed by atoms with Gasteiger partial charge in [0, 0.05) is 12.3 Å². The fraction of sp³-hybridized carbons (Fsp3) is 0.211. The van der Waals surface area contributed by atoms with Gasteiger partial charge in [-0.25, -0.2) is 4.98 Å². The lowest BCUT2D eigenvalue weighted by atomic mass is 10.3. The molecule has 0 saturated carbocycles. The monoisotopic (exact) mass is 405 g/mol. The number of benzene rings is 1. The average molecular weight is 406 g/mol. The molecule has 3 rings (SSSR count). The molecule has 0 spiro atoms. The maximum Gasteiger partial charge on any atom is 0.279 e. The number of nitrogens with one attached hydrogen (secondary N) is 2. The van der Waals surface area contributed by atoms with E-state index in [1.165, 1.54) is 10.5 Å². The van der Waals surface area contributed by atoms with Gasteiger partial charge < -0.3 is 10.2 Å². The van der Waals surface area contributed by atoms with Gasteiger partial charge in [-0.15, -0.1) is 0 Å². The topological polar surface area (TPSA) is 67.9 Å². The van der Waals surface area contributed by atoms with Crippen LogP contribution in [-0.2, 0) is 11.3 Å². The Bertz CT molecular complexity index is 1040. The van der Waals surface area contributed by atoms with Crippen molar-refractivity contribution in [1.29, 1.82) is 0 Å². The van der Waals surface area contributed by atoms with Crippen molar-refractivity contribution in [2.45, 2.75) is 13.5 Å². The second kappa shape index (κ2) is 8.08. The first-order chi connectivity index (χ1) is 12.8. The summed E-state index contributed by atoms with van der Waals surface area (Å²) in [4.78, 5) is 30.0. The maximum absolute atomic E-state index is 12.3. The van der Waals surface area contributed by atoms with Crippen LogP contribution in [0.1, 0.15) is 11.3 Å². The summed E-state index contributed by atoms with van der Waals surface area (Å²) in [7, 11) is 1.85. The fourth-order valence-electron chi connectivity index (χ4n) is 2.80. The highest BCUT2D eigenvalue weighted by Crippen LogP contribution is 2.29. The van der Waals surface area contributed by atoms with Gasteiger partial charge in [0.2, 0.25) is 0 Å². The summed E-state index contributed by atoms with van der Waals surface area (Å²) in [5.74, 6) is -0.226. The quantitative estimate of drug-likeness (QED) is 0.681. The van der Waals surface area contributed by atoms with E-state index in [1.807, 2.05) is 26.1 Å². The van der Waals surface area contributed by atoms with E-state index in [0.717, 1.165) is 10.5 Å². The summed E-state index contributed by atoms with van der Waals surface area (Å²) in [6.07, 6.45) is 1.76. The molecule has 0 radical (unpaired) electrons. The number of likely N-dealkylation sites (N-methyl/N-ethyl adjacent to an activating group) is 1. The van der Waals surface area contributed by atoms with Gasteiger partial charge in [0.15, 0.2) is 6.54 Å². The molecule has 0 fully saturated rings. The van der Waals surface area contributed by atoms with Gasteiger partial charge in [-0.1, -0.05) is 35.3 Å². The fourth-order valence-corrected chi connectivity index (χ4v) is 3.29. The molecule has 1 amide bonds. The highest BCUT2D eigenvalue weighted by molar-refractivity contribution is 6.39. The van der Waals surface area contributed by atoms with Crippen LogP contribution in [-0.4, -0.2) is 28.9 Å². The zero-order valence-corrected chi connectivity index (χ0v) is 16.4. The van der Waals surface area contributed by atoms with Crippen molar-refractivity contribution in [2.75, 3.05) is 18.9 Å². The van der Waals surface area contributed by atoms with Crippen LogP contribution in [0.5, 0.6) is 0 Å². The number of carbonyl (C=O) groups is 1. The normalized spacial score (nSPS) is 12.1. The standard InChI is InChI=1S/C19H18Cl2N4O2/c1-12-6-7-16-22-13(8-18(27)25(16)9-12)10-24(2)11-17(26)23-19-14(20)4-3-5-15(19)21/h3-9H,10-11H2,1-2H3,(H,23,26)/p+1. The Morgan fingerprint density at radius 3 is 2.63 bits per heavy atom. The summed E-state index contributed by atoms with van der Waals surface area (Å²) in [6.45, 7) is 2.53. The molecule has 0 aliphatic rings. The lowest BCUT2D eigenvalue weighted by Gasteiger charge is -2.15. The number of carbonyl (C=O) groups excluding carboxylic acids is 1. The van der Waals surface area contributed by atoms with Crippen LogP contribution in [0.3, 0.4) is 0 Å². The second-order valence-electron chi connectivity index (χ2n) is 6.48. The SMILES string of the molecule is Cc1ccc2nc(C[NH+](C)CC(=O)Nc3c(Cl)cccc3Cl)cc(=O)n2c1. The van der Waals surface area contributed by atoms with Crippen LogP contribution in [0.2, 0.25) is 10.0 Å². The number of hydrogen-bond acceptors (Lipinski definition) is 3. The number of halogens is 2. The molecule has 0 saturated heterocycles. The third kappa shape index (κ3) is 4.66. The van der Waals surface area contributed by atoms with E-state index in [9.17, 15) is 9.59 Å². The average Bonchev–Trinajstić information content (AvgIpc) is 2.59. The Balaban J connectivity index is 1.69. The lowest BCUT2D eigenvalue weighted by Crippen LogP contribution is -3.08. The predicted octanol–water partition coefficient (Wildman–Crippen LogP) is 1.96. The van der Waals surface area contributed by atoms with Crippen molar-refractivity contribution < 1.29 is 9.69 Å². The van der Waals surface area contributed by atoms with Gasteiger partial charge in [0.05, 0.1) is 22.8 Å². The Morgan fingerprint density at radius 2 is 1.93 bits per heavy atom. The predicted molar refractivity (Wildman–Crippen MR) is 107 cm³/mol. The molecule has 8 heteroatoms. The summed E-state index contributed by atoms with van der Waals surface area (Å²) in [5, 5.41) is 3.50. The minimum Gasteiger partial charge on any atom is -0.325 e. The van der Waals surface area contributed by atoms with Gasteiger partial charge in [0.25, 0.3) is 11.5 Å². The van der Waals surface area contributed by atoms with Crippen LogP contribution in [0.4, 0.5) is 5.69 Å². The third-order valence-corrected chi connectivity index (χ3v) is 4.66. The number of quaternary nitrogens is 1. The molecule has 2 aromatic heterocycles. The number of rotatable bonds is 5. The molecule has 2 heterocycles. The van der Waals surface area contributed by atoms with E-state index in [0.29, 0.717) is 33.6 Å². The lowest BCUT2D eigenvalue weighted by molar-refractivity contribution is -0.885. The molecule has 0 aliphatic heterocycles. The van der Waals surface area contributed by atoms with E-state index < -0.39 is 0 Å². The van der Waals surface area contributed by atoms with Crippen LogP contribution >= 0.6 is 23.2 Å². The number of nitrogens with zero attached hydrogens (tertiary/aromatic N) is 2. The summed E-state index contributed by atoms with van der Waals surface area (Å²) < 4.78 is 1.51. The first-order valence-corrected chi connectivity index (χ1v) is 9.13. The van der Waals surface area contributed by atoms with Crippen molar-refractivity contribution in [3.05, 3.63) is 74.3 Å². The minimum absolute atomic E-state index is 0.140. The van der Waals surface area contributed by atoms with Crippen molar-refractivity contribution in [1.82, 2.24) is 9.38 Å². The van der Waals surface area contributed by atoms with E-state index >= 15 is 0 Å². The Morgan fingerprint density at radius 1 is 1.22 bits per heavy atom. The van der Waals surface area contributed by atoms with Crippen molar-refractivity contribution >= 4 is 40.4 Å². The molecule has 1 aromatic carbocycles. The second-order valence-corrected chi connectivity index (χ2v) is 7.29. The van der Waals surface area contributed by atoms with E-state index in [1.54, 1.807) is 24.4 Å². The van der Waals surface area contributed by atoms with E-state index in [2.05, 4.69) is 10.3 Å². The maximum atomic E-state index is 12.3. The van der Waals surface area contributed by atoms with Crippen molar-refractivity contribution in [3.8, 4) is 0 Å².